The van der Waals surface area contributed by atoms with Crippen molar-refractivity contribution in [1.29, 1.82) is 0 Å². The van der Waals surface area contributed by atoms with Gasteiger partial charge in [-0.3, -0.25) is 14.4 Å². The summed E-state index contributed by atoms with van der Waals surface area (Å²) in [4.78, 5) is 38.7. The summed E-state index contributed by atoms with van der Waals surface area (Å²) in [7, 11) is 0. The van der Waals surface area contributed by atoms with E-state index in [1.807, 2.05) is 45.0 Å². The number of carbonyl (C=O) groups is 3. The number of para-hydroxylation sites is 1. The Balaban J connectivity index is 1.61. The largest absolute Gasteiger partial charge is 0.339 e. The number of hydrogen-bond acceptors (Lipinski definition) is 3. The number of likely N-dealkylation sites (tertiary alicyclic amines) is 1. The van der Waals surface area contributed by atoms with Gasteiger partial charge in [-0.1, -0.05) is 25.1 Å². The zero-order valence-corrected chi connectivity index (χ0v) is 17.1. The van der Waals surface area contributed by atoms with Crippen molar-refractivity contribution in [1.82, 2.24) is 4.90 Å². The van der Waals surface area contributed by atoms with E-state index in [-0.39, 0.29) is 36.1 Å². The number of anilines is 2. The Morgan fingerprint density at radius 2 is 1.76 bits per heavy atom. The minimum absolute atomic E-state index is 0.0135. The van der Waals surface area contributed by atoms with Crippen molar-refractivity contribution >= 4 is 29.1 Å². The molecule has 1 fully saturated rings. The molecule has 1 atom stereocenters. The molecule has 0 bridgehead atoms. The van der Waals surface area contributed by atoms with Crippen molar-refractivity contribution in [3.63, 3.8) is 0 Å². The molecular formula is C23H27N3O3. The Morgan fingerprint density at radius 3 is 2.38 bits per heavy atom. The van der Waals surface area contributed by atoms with Crippen LogP contribution in [0.4, 0.5) is 11.4 Å². The molecule has 3 rings (SSSR count). The van der Waals surface area contributed by atoms with Gasteiger partial charge in [0.1, 0.15) is 0 Å². The minimum atomic E-state index is -0.349. The van der Waals surface area contributed by atoms with E-state index >= 15 is 0 Å². The molecule has 152 valence electrons. The lowest BCUT2D eigenvalue weighted by atomic mass is 10.1. The molecule has 0 spiro atoms. The maximum absolute atomic E-state index is 12.5. The molecule has 1 heterocycles. The number of nitrogens with zero attached hydrogens (tertiary/aromatic N) is 1. The second-order valence-electron chi connectivity index (χ2n) is 7.57. The molecule has 0 aromatic heterocycles. The number of nitrogens with one attached hydrogen (secondary N) is 2. The van der Waals surface area contributed by atoms with Crippen molar-refractivity contribution in [2.45, 2.75) is 39.7 Å². The highest BCUT2D eigenvalue weighted by atomic mass is 16.2. The summed E-state index contributed by atoms with van der Waals surface area (Å²) in [6.07, 6.45) is 1.07. The van der Waals surface area contributed by atoms with Crippen molar-refractivity contribution < 1.29 is 14.4 Å². The summed E-state index contributed by atoms with van der Waals surface area (Å²) in [5.41, 5.74) is 3.00. The lowest BCUT2D eigenvalue weighted by Crippen LogP contribution is -2.33. The topological polar surface area (TPSA) is 78.5 Å². The van der Waals surface area contributed by atoms with Crippen LogP contribution in [0.2, 0.25) is 0 Å². The number of benzene rings is 2. The first-order chi connectivity index (χ1) is 13.9. The van der Waals surface area contributed by atoms with Gasteiger partial charge in [0.05, 0.1) is 5.92 Å². The van der Waals surface area contributed by atoms with Crippen molar-refractivity contribution in [2.75, 3.05) is 17.2 Å². The predicted octanol–water partition coefficient (Wildman–Crippen LogP) is 3.70. The lowest BCUT2D eigenvalue weighted by molar-refractivity contribution is -0.129. The standard InChI is InChI=1S/C23H27N3O3/c1-4-16-7-5-6-8-20(16)25-22(28)17-9-11-19(12-10-17)24-23(29)18-13-21(27)26(14-18)15(2)3/h5-12,15,18H,4,13-14H2,1-3H3,(H,24,29)(H,25,28). The number of aryl methyl sites for hydroxylation is 1. The first-order valence-electron chi connectivity index (χ1n) is 9.98. The maximum atomic E-state index is 12.5. The van der Waals surface area contributed by atoms with Gasteiger partial charge in [-0.05, 0) is 56.2 Å². The number of hydrogen-bond donors (Lipinski definition) is 2. The summed E-state index contributed by atoms with van der Waals surface area (Å²) >= 11 is 0. The van der Waals surface area contributed by atoms with E-state index in [1.54, 1.807) is 29.2 Å². The molecule has 1 unspecified atom stereocenters. The van der Waals surface area contributed by atoms with Crippen LogP contribution in [0.15, 0.2) is 48.5 Å². The lowest BCUT2D eigenvalue weighted by Gasteiger charge is -2.20. The summed E-state index contributed by atoms with van der Waals surface area (Å²) < 4.78 is 0. The van der Waals surface area contributed by atoms with Gasteiger partial charge in [-0.2, -0.15) is 0 Å². The summed E-state index contributed by atoms with van der Waals surface area (Å²) in [6.45, 7) is 6.38. The maximum Gasteiger partial charge on any atom is 0.255 e. The highest BCUT2D eigenvalue weighted by Crippen LogP contribution is 2.22. The first kappa shape index (κ1) is 20.6. The Hall–Kier alpha value is -3.15. The molecule has 2 N–H and O–H groups in total. The van der Waals surface area contributed by atoms with Crippen LogP contribution in [0.1, 0.15) is 43.1 Å². The third kappa shape index (κ3) is 4.83. The molecule has 2 aromatic carbocycles. The summed E-state index contributed by atoms with van der Waals surface area (Å²) in [5.74, 6) is -0.703. The van der Waals surface area contributed by atoms with Crippen molar-refractivity contribution in [3.8, 4) is 0 Å². The first-order valence-corrected chi connectivity index (χ1v) is 9.98. The Bertz CT molecular complexity index is 906. The molecule has 0 aliphatic carbocycles. The SMILES string of the molecule is CCc1ccccc1NC(=O)c1ccc(NC(=O)C2CC(=O)N(C(C)C)C2)cc1. The normalized spacial score (nSPS) is 16.2. The van der Waals surface area contributed by atoms with Gasteiger partial charge >= 0.3 is 0 Å². The molecule has 1 saturated heterocycles. The van der Waals surface area contributed by atoms with Crippen LogP contribution in [0.3, 0.4) is 0 Å². The molecule has 1 aliphatic heterocycles. The monoisotopic (exact) mass is 393 g/mol. The summed E-state index contributed by atoms with van der Waals surface area (Å²) in [5, 5.41) is 5.78. The van der Waals surface area contributed by atoms with Gasteiger partial charge < -0.3 is 15.5 Å². The zero-order valence-electron chi connectivity index (χ0n) is 17.1. The van der Waals surface area contributed by atoms with Gasteiger partial charge in [0.2, 0.25) is 11.8 Å². The van der Waals surface area contributed by atoms with Gasteiger partial charge in [-0.25, -0.2) is 0 Å². The molecule has 0 saturated carbocycles. The summed E-state index contributed by atoms with van der Waals surface area (Å²) in [6, 6.07) is 14.6. The highest BCUT2D eigenvalue weighted by Gasteiger charge is 2.35. The third-order valence-corrected chi connectivity index (χ3v) is 5.21. The van der Waals surface area contributed by atoms with E-state index in [4.69, 9.17) is 0 Å². The van der Waals surface area contributed by atoms with Crippen LogP contribution in [-0.2, 0) is 16.0 Å². The fourth-order valence-corrected chi connectivity index (χ4v) is 3.50. The van der Waals surface area contributed by atoms with E-state index in [0.29, 0.717) is 17.8 Å². The minimum Gasteiger partial charge on any atom is -0.339 e. The highest BCUT2D eigenvalue weighted by molar-refractivity contribution is 6.05. The Kier molecular flexibility index (Phi) is 6.32. The van der Waals surface area contributed by atoms with Gasteiger partial charge in [-0.15, -0.1) is 0 Å². The van der Waals surface area contributed by atoms with Crippen molar-refractivity contribution in [2.24, 2.45) is 5.92 Å². The molecule has 6 heteroatoms. The molecule has 3 amide bonds. The van der Waals surface area contributed by atoms with Crippen LogP contribution in [0.25, 0.3) is 0 Å². The molecule has 2 aromatic rings. The van der Waals surface area contributed by atoms with E-state index < -0.39 is 0 Å². The van der Waals surface area contributed by atoms with Crippen LogP contribution < -0.4 is 10.6 Å². The van der Waals surface area contributed by atoms with Gasteiger partial charge in [0.25, 0.3) is 5.91 Å². The van der Waals surface area contributed by atoms with Crippen LogP contribution in [0.5, 0.6) is 0 Å². The van der Waals surface area contributed by atoms with Gasteiger partial charge in [0.15, 0.2) is 0 Å². The average molecular weight is 393 g/mol. The number of carbonyl (C=O) groups excluding carboxylic acids is 3. The zero-order chi connectivity index (χ0) is 21.0. The van der Waals surface area contributed by atoms with Crippen LogP contribution in [-0.4, -0.2) is 35.2 Å². The van der Waals surface area contributed by atoms with Crippen molar-refractivity contribution in [3.05, 3.63) is 59.7 Å². The third-order valence-electron chi connectivity index (χ3n) is 5.21. The fourth-order valence-electron chi connectivity index (χ4n) is 3.50. The van der Waals surface area contributed by atoms with E-state index in [0.717, 1.165) is 17.7 Å². The smallest absolute Gasteiger partial charge is 0.255 e. The number of rotatable bonds is 6. The van der Waals surface area contributed by atoms with Gasteiger partial charge in [0, 0.05) is 35.9 Å². The quantitative estimate of drug-likeness (QED) is 0.786. The molecular weight excluding hydrogens is 366 g/mol. The molecule has 29 heavy (non-hydrogen) atoms. The molecule has 0 radical (unpaired) electrons. The number of amides is 3. The van der Waals surface area contributed by atoms with E-state index in [1.165, 1.54) is 0 Å². The molecule has 6 nitrogen and oxygen atoms in total. The Morgan fingerprint density at radius 1 is 1.07 bits per heavy atom. The molecule has 1 aliphatic rings. The average Bonchev–Trinajstić information content (AvgIpc) is 3.11. The van der Waals surface area contributed by atoms with E-state index in [2.05, 4.69) is 10.6 Å². The van der Waals surface area contributed by atoms with E-state index in [9.17, 15) is 14.4 Å². The Labute approximate surface area is 171 Å². The van der Waals surface area contributed by atoms with Crippen LogP contribution in [0, 0.1) is 5.92 Å². The fraction of sp³-hybridized carbons (Fsp3) is 0.348. The second kappa shape index (κ2) is 8.90. The second-order valence-corrected chi connectivity index (χ2v) is 7.57. The van der Waals surface area contributed by atoms with Crippen LogP contribution >= 0.6 is 0 Å². The predicted molar refractivity (Wildman–Crippen MR) is 114 cm³/mol.